The van der Waals surface area contributed by atoms with E-state index in [2.05, 4.69) is 40.1 Å². The highest BCUT2D eigenvalue weighted by molar-refractivity contribution is 4.81. The van der Waals surface area contributed by atoms with Gasteiger partial charge in [-0.1, -0.05) is 53.4 Å². The molecule has 0 aliphatic carbocycles. The summed E-state index contributed by atoms with van der Waals surface area (Å²) in [6.07, 6.45) is 9.57. The standard InChI is InChI=1S/C15H33N/c1-6-10-11-14(7-2)12-15(8-3,9-4)13-16-5/h14,16H,6-13H2,1-5H3. The van der Waals surface area contributed by atoms with Gasteiger partial charge in [0.25, 0.3) is 0 Å². The Morgan fingerprint density at radius 2 is 1.69 bits per heavy atom. The minimum absolute atomic E-state index is 0.545. The average Bonchev–Trinajstić information content (AvgIpc) is 2.33. The molecule has 0 bridgehead atoms. The zero-order valence-corrected chi connectivity index (χ0v) is 12.2. The summed E-state index contributed by atoms with van der Waals surface area (Å²) in [6.45, 7) is 10.5. The molecule has 16 heavy (non-hydrogen) atoms. The molecule has 1 nitrogen and oxygen atoms in total. The van der Waals surface area contributed by atoms with Crippen molar-refractivity contribution in [2.24, 2.45) is 11.3 Å². The molecule has 1 N–H and O–H groups in total. The SMILES string of the molecule is CCCCC(CC)CC(CC)(CC)CNC. The maximum Gasteiger partial charge on any atom is 0.000470 e. The maximum absolute atomic E-state index is 3.40. The summed E-state index contributed by atoms with van der Waals surface area (Å²) in [6, 6.07) is 0. The molecular weight excluding hydrogens is 194 g/mol. The van der Waals surface area contributed by atoms with E-state index in [9.17, 15) is 0 Å². The smallest absolute Gasteiger partial charge is 0.000470 e. The number of hydrogen-bond acceptors (Lipinski definition) is 1. The first kappa shape index (κ1) is 16.0. The van der Waals surface area contributed by atoms with Crippen LogP contribution in [0.3, 0.4) is 0 Å². The van der Waals surface area contributed by atoms with Gasteiger partial charge in [0.15, 0.2) is 0 Å². The van der Waals surface area contributed by atoms with Gasteiger partial charge in [-0.3, -0.25) is 0 Å². The first-order valence-corrected chi connectivity index (χ1v) is 7.32. The van der Waals surface area contributed by atoms with Crippen molar-refractivity contribution in [3.63, 3.8) is 0 Å². The maximum atomic E-state index is 3.40. The lowest BCUT2D eigenvalue weighted by molar-refractivity contribution is 0.181. The van der Waals surface area contributed by atoms with Crippen molar-refractivity contribution in [2.45, 2.75) is 72.6 Å². The molecular formula is C15H33N. The predicted molar refractivity (Wildman–Crippen MR) is 74.9 cm³/mol. The van der Waals surface area contributed by atoms with Crippen LogP contribution in [-0.4, -0.2) is 13.6 Å². The van der Waals surface area contributed by atoms with Crippen LogP contribution in [0.1, 0.15) is 72.6 Å². The molecule has 1 heteroatoms. The van der Waals surface area contributed by atoms with Crippen molar-refractivity contribution >= 4 is 0 Å². The van der Waals surface area contributed by atoms with Crippen LogP contribution in [-0.2, 0) is 0 Å². The van der Waals surface area contributed by atoms with Gasteiger partial charge in [-0.15, -0.1) is 0 Å². The van der Waals surface area contributed by atoms with E-state index >= 15 is 0 Å². The first-order valence-electron chi connectivity index (χ1n) is 7.32. The van der Waals surface area contributed by atoms with E-state index in [0.717, 1.165) is 5.92 Å². The van der Waals surface area contributed by atoms with Crippen LogP contribution in [0.4, 0.5) is 0 Å². The summed E-state index contributed by atoms with van der Waals surface area (Å²) in [4.78, 5) is 0. The molecule has 0 heterocycles. The number of nitrogens with one attached hydrogen (secondary N) is 1. The Labute approximate surface area is 103 Å². The summed E-state index contributed by atoms with van der Waals surface area (Å²) in [5.41, 5.74) is 0.545. The van der Waals surface area contributed by atoms with E-state index < -0.39 is 0 Å². The van der Waals surface area contributed by atoms with Crippen molar-refractivity contribution in [1.82, 2.24) is 5.32 Å². The molecule has 0 aromatic rings. The van der Waals surface area contributed by atoms with Gasteiger partial charge in [0.2, 0.25) is 0 Å². The number of rotatable bonds is 10. The first-order chi connectivity index (χ1) is 7.67. The number of hydrogen-bond donors (Lipinski definition) is 1. The molecule has 1 atom stereocenters. The lowest BCUT2D eigenvalue weighted by Crippen LogP contribution is -2.33. The Kier molecular flexibility index (Phi) is 9.02. The highest BCUT2D eigenvalue weighted by Crippen LogP contribution is 2.36. The van der Waals surface area contributed by atoms with E-state index in [1.165, 1.54) is 51.5 Å². The van der Waals surface area contributed by atoms with E-state index in [4.69, 9.17) is 0 Å². The molecule has 0 fully saturated rings. The van der Waals surface area contributed by atoms with Crippen molar-refractivity contribution in [2.75, 3.05) is 13.6 Å². The van der Waals surface area contributed by atoms with Crippen molar-refractivity contribution < 1.29 is 0 Å². The predicted octanol–water partition coefficient (Wildman–Crippen LogP) is 4.62. The Morgan fingerprint density at radius 3 is 2.06 bits per heavy atom. The van der Waals surface area contributed by atoms with Gasteiger partial charge in [0.1, 0.15) is 0 Å². The van der Waals surface area contributed by atoms with Crippen LogP contribution in [0, 0.1) is 11.3 Å². The normalized spacial score (nSPS) is 14.1. The van der Waals surface area contributed by atoms with Crippen molar-refractivity contribution in [3.8, 4) is 0 Å². The van der Waals surface area contributed by atoms with E-state index in [1.807, 2.05) is 0 Å². The van der Waals surface area contributed by atoms with Gasteiger partial charge < -0.3 is 5.32 Å². The molecule has 98 valence electrons. The number of unbranched alkanes of at least 4 members (excludes halogenated alkanes) is 1. The summed E-state index contributed by atoms with van der Waals surface area (Å²) in [7, 11) is 2.09. The third kappa shape index (κ3) is 5.34. The molecule has 0 aromatic heterocycles. The second kappa shape index (κ2) is 9.04. The molecule has 0 radical (unpaired) electrons. The van der Waals surface area contributed by atoms with Crippen LogP contribution >= 0.6 is 0 Å². The fraction of sp³-hybridized carbons (Fsp3) is 1.00. The van der Waals surface area contributed by atoms with Crippen LogP contribution in [0.2, 0.25) is 0 Å². The van der Waals surface area contributed by atoms with Crippen LogP contribution in [0.5, 0.6) is 0 Å². The summed E-state index contributed by atoms with van der Waals surface area (Å²) >= 11 is 0. The minimum Gasteiger partial charge on any atom is -0.319 e. The minimum atomic E-state index is 0.545. The Hall–Kier alpha value is -0.0400. The zero-order chi connectivity index (χ0) is 12.4. The highest BCUT2D eigenvalue weighted by atomic mass is 14.8. The Bertz CT molecular complexity index is 150. The largest absolute Gasteiger partial charge is 0.319 e. The zero-order valence-electron chi connectivity index (χ0n) is 12.2. The highest BCUT2D eigenvalue weighted by Gasteiger charge is 2.28. The van der Waals surface area contributed by atoms with Crippen molar-refractivity contribution in [1.29, 1.82) is 0 Å². The average molecular weight is 227 g/mol. The summed E-state index contributed by atoms with van der Waals surface area (Å²) in [5.74, 6) is 0.938. The quantitative estimate of drug-likeness (QED) is 0.574. The fourth-order valence-electron chi connectivity index (χ4n) is 2.79. The van der Waals surface area contributed by atoms with Gasteiger partial charge in [-0.05, 0) is 37.6 Å². The summed E-state index contributed by atoms with van der Waals surface area (Å²) < 4.78 is 0. The van der Waals surface area contributed by atoms with Gasteiger partial charge in [-0.25, -0.2) is 0 Å². The molecule has 0 spiro atoms. The monoisotopic (exact) mass is 227 g/mol. The van der Waals surface area contributed by atoms with Crippen LogP contribution in [0.15, 0.2) is 0 Å². The topological polar surface area (TPSA) is 12.0 Å². The van der Waals surface area contributed by atoms with E-state index in [-0.39, 0.29) is 0 Å². The molecule has 1 unspecified atom stereocenters. The van der Waals surface area contributed by atoms with Gasteiger partial charge in [0.05, 0.1) is 0 Å². The molecule has 0 aliphatic heterocycles. The van der Waals surface area contributed by atoms with E-state index in [0.29, 0.717) is 5.41 Å². The molecule has 0 saturated heterocycles. The van der Waals surface area contributed by atoms with Gasteiger partial charge in [0, 0.05) is 6.54 Å². The van der Waals surface area contributed by atoms with Gasteiger partial charge >= 0.3 is 0 Å². The molecule has 0 rings (SSSR count). The Morgan fingerprint density at radius 1 is 1.06 bits per heavy atom. The fourth-order valence-corrected chi connectivity index (χ4v) is 2.79. The third-order valence-electron chi connectivity index (χ3n) is 4.32. The van der Waals surface area contributed by atoms with Gasteiger partial charge in [-0.2, -0.15) is 0 Å². The molecule has 0 aliphatic rings. The third-order valence-corrected chi connectivity index (χ3v) is 4.32. The summed E-state index contributed by atoms with van der Waals surface area (Å²) in [5, 5.41) is 3.40. The van der Waals surface area contributed by atoms with E-state index in [1.54, 1.807) is 0 Å². The second-order valence-electron chi connectivity index (χ2n) is 5.36. The molecule has 0 amide bonds. The van der Waals surface area contributed by atoms with Crippen molar-refractivity contribution in [3.05, 3.63) is 0 Å². The lowest BCUT2D eigenvalue weighted by atomic mass is 9.73. The van der Waals surface area contributed by atoms with Crippen LogP contribution < -0.4 is 5.32 Å². The Balaban J connectivity index is 4.32. The lowest BCUT2D eigenvalue weighted by Gasteiger charge is -2.35. The van der Waals surface area contributed by atoms with Crippen LogP contribution in [0.25, 0.3) is 0 Å². The molecule has 0 saturated carbocycles. The second-order valence-corrected chi connectivity index (χ2v) is 5.36. The molecule has 0 aromatic carbocycles.